The van der Waals surface area contributed by atoms with Crippen LogP contribution in [0.3, 0.4) is 0 Å². The zero-order chi connectivity index (χ0) is 17.9. The summed E-state index contributed by atoms with van der Waals surface area (Å²) in [5.41, 5.74) is 2.92. The van der Waals surface area contributed by atoms with Gasteiger partial charge in [0.25, 0.3) is 0 Å². The van der Waals surface area contributed by atoms with Crippen molar-refractivity contribution in [3.63, 3.8) is 0 Å². The molecule has 0 aliphatic heterocycles. The minimum Gasteiger partial charge on any atom is -0.416 e. The van der Waals surface area contributed by atoms with E-state index in [0.717, 1.165) is 18.4 Å². The lowest BCUT2D eigenvalue weighted by Crippen LogP contribution is -2.44. The van der Waals surface area contributed by atoms with Crippen molar-refractivity contribution in [1.29, 1.82) is 5.26 Å². The second-order valence-electron chi connectivity index (χ2n) is 7.71. The van der Waals surface area contributed by atoms with Gasteiger partial charge in [0.1, 0.15) is 5.54 Å². The molecule has 0 saturated heterocycles. The van der Waals surface area contributed by atoms with Gasteiger partial charge in [0, 0.05) is 0 Å². The molecule has 1 N–H and O–H groups in total. The van der Waals surface area contributed by atoms with Gasteiger partial charge in [-0.3, -0.25) is 5.32 Å². The second kappa shape index (κ2) is 7.13. The molecular formula is C21H26N2OSi. The summed E-state index contributed by atoms with van der Waals surface area (Å²) in [5.74, 6) is 0. The molecule has 0 unspecified atom stereocenters. The summed E-state index contributed by atoms with van der Waals surface area (Å²) >= 11 is 0. The van der Waals surface area contributed by atoms with Crippen LogP contribution in [0, 0.1) is 11.3 Å². The third kappa shape index (κ3) is 4.01. The molecule has 4 heteroatoms. The van der Waals surface area contributed by atoms with E-state index in [4.69, 9.17) is 4.43 Å². The maximum Gasteiger partial charge on any atom is 0.183 e. The van der Waals surface area contributed by atoms with E-state index >= 15 is 0 Å². The summed E-state index contributed by atoms with van der Waals surface area (Å²) in [5, 5.41) is 13.7. The van der Waals surface area contributed by atoms with Crippen molar-refractivity contribution in [2.75, 3.05) is 6.61 Å². The first kappa shape index (κ1) is 17.9. The van der Waals surface area contributed by atoms with Crippen LogP contribution >= 0.6 is 0 Å². The fourth-order valence-corrected chi connectivity index (χ4v) is 4.11. The van der Waals surface area contributed by atoms with Gasteiger partial charge in [-0.2, -0.15) is 5.26 Å². The lowest BCUT2D eigenvalue weighted by molar-refractivity contribution is 0.230. The number of hydrogen-bond acceptors (Lipinski definition) is 3. The summed E-state index contributed by atoms with van der Waals surface area (Å²) in [4.78, 5) is 0. The van der Waals surface area contributed by atoms with Gasteiger partial charge in [-0.05, 0) is 49.2 Å². The highest BCUT2D eigenvalue weighted by Crippen LogP contribution is 2.38. The van der Waals surface area contributed by atoms with Gasteiger partial charge in [-0.15, -0.1) is 0 Å². The van der Waals surface area contributed by atoms with Crippen LogP contribution in [0.25, 0.3) is 0 Å². The van der Waals surface area contributed by atoms with Crippen LogP contribution in [0.4, 0.5) is 0 Å². The van der Waals surface area contributed by atoms with Crippen molar-refractivity contribution >= 4 is 8.32 Å². The Morgan fingerprint density at radius 2 is 1.80 bits per heavy atom. The summed E-state index contributed by atoms with van der Waals surface area (Å²) in [6.45, 7) is 7.17. The largest absolute Gasteiger partial charge is 0.416 e. The molecule has 1 aliphatic carbocycles. The lowest BCUT2D eigenvalue weighted by Gasteiger charge is -2.32. The molecule has 0 spiro atoms. The summed E-state index contributed by atoms with van der Waals surface area (Å²) in [6, 6.07) is 21.2. The molecule has 0 aromatic heterocycles. The highest BCUT2D eigenvalue weighted by Gasteiger charge is 2.40. The van der Waals surface area contributed by atoms with Crippen molar-refractivity contribution in [2.24, 2.45) is 0 Å². The first-order chi connectivity index (χ1) is 11.9. The predicted octanol–water partition coefficient (Wildman–Crippen LogP) is 4.53. The second-order valence-corrected chi connectivity index (χ2v) is 12.2. The first-order valence-electron chi connectivity index (χ1n) is 8.90. The quantitative estimate of drug-likeness (QED) is 0.778. The molecule has 3 nitrogen and oxygen atoms in total. The van der Waals surface area contributed by atoms with Gasteiger partial charge in [0.05, 0.1) is 18.7 Å². The van der Waals surface area contributed by atoms with E-state index in [1.54, 1.807) is 0 Å². The summed E-state index contributed by atoms with van der Waals surface area (Å²) in [6.07, 6.45) is 1.74. The van der Waals surface area contributed by atoms with Crippen LogP contribution in [0.2, 0.25) is 19.6 Å². The molecule has 2 aromatic rings. The maximum atomic E-state index is 10.0. The lowest BCUT2D eigenvalue weighted by atomic mass is 9.91. The van der Waals surface area contributed by atoms with E-state index in [2.05, 4.69) is 61.4 Å². The van der Waals surface area contributed by atoms with Crippen LogP contribution in [0.1, 0.15) is 29.2 Å². The number of benzene rings is 2. The van der Waals surface area contributed by atoms with Crippen LogP contribution in [-0.2, 0) is 16.4 Å². The first-order valence-corrected chi connectivity index (χ1v) is 12.3. The number of hydrogen-bond donors (Lipinski definition) is 1. The molecule has 2 atom stereocenters. The van der Waals surface area contributed by atoms with Crippen LogP contribution in [-0.4, -0.2) is 14.9 Å². The van der Waals surface area contributed by atoms with E-state index in [1.165, 1.54) is 11.1 Å². The SMILES string of the molecule is C[Si](C)(C)OC[C@H](N[C@]1(C#N)CCc2ccccc21)c1ccccc1. The predicted molar refractivity (Wildman–Crippen MR) is 104 cm³/mol. The number of rotatable bonds is 6. The molecule has 1 aliphatic rings. The van der Waals surface area contributed by atoms with E-state index < -0.39 is 13.9 Å². The molecule has 3 rings (SSSR count). The molecule has 25 heavy (non-hydrogen) atoms. The smallest absolute Gasteiger partial charge is 0.183 e. The fourth-order valence-electron chi connectivity index (χ4n) is 3.45. The minimum atomic E-state index is -1.64. The van der Waals surface area contributed by atoms with Crippen LogP contribution < -0.4 is 5.32 Å². The Kier molecular flexibility index (Phi) is 5.10. The average Bonchev–Trinajstić information content (AvgIpc) is 2.98. The zero-order valence-electron chi connectivity index (χ0n) is 15.3. The third-order valence-corrected chi connectivity index (χ3v) is 5.78. The van der Waals surface area contributed by atoms with Gasteiger partial charge in [0.2, 0.25) is 0 Å². The van der Waals surface area contributed by atoms with Gasteiger partial charge in [-0.25, -0.2) is 0 Å². The number of nitrogens with one attached hydrogen (secondary N) is 1. The minimum absolute atomic E-state index is 0.00117. The molecule has 2 aromatic carbocycles. The summed E-state index contributed by atoms with van der Waals surface area (Å²) in [7, 11) is -1.64. The van der Waals surface area contributed by atoms with Crippen LogP contribution in [0.5, 0.6) is 0 Å². The van der Waals surface area contributed by atoms with Crippen molar-refractivity contribution in [1.82, 2.24) is 5.32 Å². The fraction of sp³-hybridized carbons (Fsp3) is 0.381. The van der Waals surface area contributed by atoms with Crippen molar-refractivity contribution in [2.45, 2.75) is 44.1 Å². The van der Waals surface area contributed by atoms with E-state index in [0.29, 0.717) is 6.61 Å². The average molecular weight is 351 g/mol. The zero-order valence-corrected chi connectivity index (χ0v) is 16.3. The molecule has 0 fully saturated rings. The Morgan fingerprint density at radius 3 is 2.48 bits per heavy atom. The Bertz CT molecular complexity index is 763. The molecule has 0 saturated carbocycles. The number of fused-ring (bicyclic) bond motifs is 1. The molecule has 0 bridgehead atoms. The normalized spacial score (nSPS) is 20.7. The Balaban J connectivity index is 1.91. The molecule has 130 valence electrons. The molecular weight excluding hydrogens is 324 g/mol. The highest BCUT2D eigenvalue weighted by atomic mass is 28.4. The third-order valence-electron chi connectivity index (χ3n) is 4.74. The highest BCUT2D eigenvalue weighted by molar-refractivity contribution is 6.69. The van der Waals surface area contributed by atoms with Gasteiger partial charge >= 0.3 is 0 Å². The van der Waals surface area contributed by atoms with Crippen molar-refractivity contribution in [3.8, 4) is 6.07 Å². The molecule has 0 amide bonds. The van der Waals surface area contributed by atoms with E-state index in [9.17, 15) is 5.26 Å². The molecule has 0 radical (unpaired) electrons. The van der Waals surface area contributed by atoms with Crippen LogP contribution in [0.15, 0.2) is 54.6 Å². The van der Waals surface area contributed by atoms with E-state index in [1.807, 2.05) is 24.3 Å². The Hall–Kier alpha value is -1.93. The summed E-state index contributed by atoms with van der Waals surface area (Å²) < 4.78 is 6.20. The topological polar surface area (TPSA) is 45.0 Å². The maximum absolute atomic E-state index is 10.0. The number of nitrogens with zero attached hydrogens (tertiary/aromatic N) is 1. The Labute approximate surface area is 151 Å². The van der Waals surface area contributed by atoms with Gasteiger partial charge < -0.3 is 4.43 Å². The van der Waals surface area contributed by atoms with E-state index in [-0.39, 0.29) is 6.04 Å². The van der Waals surface area contributed by atoms with Crippen molar-refractivity contribution < 1.29 is 4.43 Å². The Morgan fingerprint density at radius 1 is 1.12 bits per heavy atom. The van der Waals surface area contributed by atoms with Crippen molar-refractivity contribution in [3.05, 3.63) is 71.3 Å². The standard InChI is InChI=1S/C21H26N2OSi/c1-25(2,3)24-15-20(18-10-5-4-6-11-18)23-21(16-22)14-13-17-9-7-8-12-19(17)21/h4-12,20,23H,13-15H2,1-3H3/t20-,21-/m0/s1. The number of aryl methyl sites for hydroxylation is 1. The molecule has 0 heterocycles. The van der Waals surface area contributed by atoms with Gasteiger partial charge in [-0.1, -0.05) is 54.6 Å². The van der Waals surface area contributed by atoms with Gasteiger partial charge in [0.15, 0.2) is 8.32 Å². The monoisotopic (exact) mass is 350 g/mol. The number of nitriles is 1.